The van der Waals surface area contributed by atoms with Crippen molar-refractivity contribution in [2.45, 2.75) is 25.2 Å². The van der Waals surface area contributed by atoms with Crippen LogP contribution in [0.3, 0.4) is 0 Å². The van der Waals surface area contributed by atoms with Crippen molar-refractivity contribution in [3.05, 3.63) is 31.8 Å². The maximum Gasteiger partial charge on any atom is 0.143 e. The normalized spacial score (nSPS) is 18.1. The van der Waals surface area contributed by atoms with Gasteiger partial charge >= 0.3 is 0 Å². The fourth-order valence-corrected chi connectivity index (χ4v) is 5.13. The fourth-order valence-electron chi connectivity index (χ4n) is 2.63. The highest BCUT2D eigenvalue weighted by molar-refractivity contribution is 9.11. The van der Waals surface area contributed by atoms with Crippen LogP contribution >= 0.6 is 43.2 Å². The number of rotatable bonds is 3. The van der Waals surface area contributed by atoms with E-state index in [0.29, 0.717) is 5.92 Å². The highest BCUT2D eigenvalue weighted by Gasteiger charge is 2.25. The molecule has 3 rings (SSSR count). The van der Waals surface area contributed by atoms with Gasteiger partial charge in [0.15, 0.2) is 0 Å². The first-order chi connectivity index (χ1) is 9.69. The van der Waals surface area contributed by atoms with E-state index in [1.807, 2.05) is 19.3 Å². The Hall–Kier alpha value is -0.300. The van der Waals surface area contributed by atoms with E-state index in [4.69, 9.17) is 4.98 Å². The number of aryl methyl sites for hydroxylation is 1. The lowest BCUT2D eigenvalue weighted by Gasteiger charge is -2.20. The van der Waals surface area contributed by atoms with Crippen molar-refractivity contribution in [1.82, 2.24) is 15.3 Å². The van der Waals surface area contributed by atoms with Gasteiger partial charge in [-0.3, -0.25) is 4.98 Å². The fraction of sp³-hybridized carbons (Fsp3) is 0.429. The summed E-state index contributed by atoms with van der Waals surface area (Å²) in [7, 11) is 2.01. The largest absolute Gasteiger partial charge is 0.319 e. The number of hydrogen-bond donors (Lipinski definition) is 1. The van der Waals surface area contributed by atoms with Crippen LogP contribution in [0, 0.1) is 0 Å². The lowest BCUT2D eigenvalue weighted by molar-refractivity contribution is 0.523. The second-order valence-electron chi connectivity index (χ2n) is 4.96. The third kappa shape index (κ3) is 2.84. The van der Waals surface area contributed by atoms with Crippen LogP contribution in [0.1, 0.15) is 29.3 Å². The molecule has 0 radical (unpaired) electrons. The van der Waals surface area contributed by atoms with Crippen LogP contribution in [0.4, 0.5) is 0 Å². The summed E-state index contributed by atoms with van der Waals surface area (Å²) in [5.41, 5.74) is 2.22. The third-order valence-corrected chi connectivity index (χ3v) is 5.71. The summed E-state index contributed by atoms with van der Waals surface area (Å²) in [6, 6.07) is 2.02. The predicted octanol–water partition coefficient (Wildman–Crippen LogP) is 4.37. The molecule has 0 aliphatic heterocycles. The summed E-state index contributed by atoms with van der Waals surface area (Å²) < 4.78 is 1.96. The van der Waals surface area contributed by atoms with Crippen molar-refractivity contribution in [2.75, 3.05) is 13.6 Å². The van der Waals surface area contributed by atoms with Gasteiger partial charge in [0, 0.05) is 32.5 Å². The molecule has 2 aromatic heterocycles. The van der Waals surface area contributed by atoms with Crippen LogP contribution in [0.15, 0.2) is 21.2 Å². The molecular formula is C14H15Br2N3S. The summed E-state index contributed by atoms with van der Waals surface area (Å²) in [5, 5.41) is 4.31. The quantitative estimate of drug-likeness (QED) is 0.807. The van der Waals surface area contributed by atoms with Crippen LogP contribution in [0.2, 0.25) is 0 Å². The maximum atomic E-state index is 4.88. The number of likely N-dealkylation sites (N-methyl/N-ethyl adjacent to an activating group) is 1. The number of thiazole rings is 1. The Bertz CT molecular complexity index is 627. The molecule has 2 aromatic rings. The molecule has 1 atom stereocenters. The predicted molar refractivity (Wildman–Crippen MR) is 90.4 cm³/mol. The molecule has 0 amide bonds. The minimum atomic E-state index is 0.544. The van der Waals surface area contributed by atoms with Gasteiger partial charge in [0.1, 0.15) is 10.7 Å². The van der Waals surface area contributed by atoms with E-state index in [1.165, 1.54) is 23.4 Å². The van der Waals surface area contributed by atoms with E-state index in [1.54, 1.807) is 11.3 Å². The topological polar surface area (TPSA) is 37.8 Å². The molecule has 1 aliphatic rings. The maximum absolute atomic E-state index is 4.88. The first-order valence-electron chi connectivity index (χ1n) is 6.64. The van der Waals surface area contributed by atoms with Gasteiger partial charge in [-0.05, 0) is 64.2 Å². The van der Waals surface area contributed by atoms with E-state index >= 15 is 0 Å². The molecule has 6 heteroatoms. The molecule has 1 unspecified atom stereocenters. The molecule has 2 heterocycles. The van der Waals surface area contributed by atoms with E-state index < -0.39 is 0 Å². The lowest BCUT2D eigenvalue weighted by atomic mass is 9.91. The molecule has 0 saturated carbocycles. The second-order valence-corrected chi connectivity index (χ2v) is 7.81. The smallest absolute Gasteiger partial charge is 0.143 e. The number of fused-ring (bicyclic) bond motifs is 1. The molecule has 0 bridgehead atoms. The van der Waals surface area contributed by atoms with Crippen molar-refractivity contribution in [2.24, 2.45) is 0 Å². The third-order valence-electron chi connectivity index (χ3n) is 3.53. The Labute approximate surface area is 139 Å². The number of nitrogens with one attached hydrogen (secondary N) is 1. The number of pyridine rings is 1. The first-order valence-corrected chi connectivity index (χ1v) is 9.05. The molecular weight excluding hydrogens is 402 g/mol. The molecule has 106 valence electrons. The van der Waals surface area contributed by atoms with Crippen molar-refractivity contribution in [3.8, 4) is 10.7 Å². The van der Waals surface area contributed by atoms with Crippen LogP contribution in [-0.2, 0) is 6.42 Å². The second kappa shape index (κ2) is 6.22. The Morgan fingerprint density at radius 1 is 1.45 bits per heavy atom. The van der Waals surface area contributed by atoms with Crippen molar-refractivity contribution >= 4 is 43.2 Å². The van der Waals surface area contributed by atoms with Crippen LogP contribution in [0.5, 0.6) is 0 Å². The van der Waals surface area contributed by atoms with Crippen LogP contribution in [-0.4, -0.2) is 23.6 Å². The van der Waals surface area contributed by atoms with Gasteiger partial charge in [-0.1, -0.05) is 0 Å². The van der Waals surface area contributed by atoms with E-state index in [2.05, 4.69) is 42.2 Å². The summed E-state index contributed by atoms with van der Waals surface area (Å²) in [4.78, 5) is 10.8. The number of nitrogens with zero attached hydrogens (tertiary/aromatic N) is 2. The van der Waals surface area contributed by atoms with Gasteiger partial charge in [0.05, 0.1) is 5.69 Å². The Morgan fingerprint density at radius 2 is 2.30 bits per heavy atom. The highest BCUT2D eigenvalue weighted by Crippen LogP contribution is 2.39. The van der Waals surface area contributed by atoms with Crippen molar-refractivity contribution < 1.29 is 0 Å². The molecule has 0 spiro atoms. The minimum absolute atomic E-state index is 0.544. The van der Waals surface area contributed by atoms with E-state index in [9.17, 15) is 0 Å². The first kappa shape index (κ1) is 14.6. The average Bonchev–Trinajstić information content (AvgIpc) is 2.83. The Balaban J connectivity index is 2.00. The Kier molecular flexibility index (Phi) is 4.55. The molecule has 1 aliphatic carbocycles. The molecule has 0 aromatic carbocycles. The van der Waals surface area contributed by atoms with Gasteiger partial charge in [0.25, 0.3) is 0 Å². The van der Waals surface area contributed by atoms with Gasteiger partial charge in [-0.15, -0.1) is 11.3 Å². The summed E-state index contributed by atoms with van der Waals surface area (Å²) in [5.74, 6) is 0.544. The monoisotopic (exact) mass is 415 g/mol. The number of hydrogen-bond acceptors (Lipinski definition) is 4. The molecule has 0 saturated heterocycles. The summed E-state index contributed by atoms with van der Waals surface area (Å²) >= 11 is 8.81. The number of halogens is 2. The van der Waals surface area contributed by atoms with Crippen molar-refractivity contribution in [1.29, 1.82) is 0 Å². The highest BCUT2D eigenvalue weighted by atomic mass is 79.9. The van der Waals surface area contributed by atoms with Gasteiger partial charge in [-0.25, -0.2) is 4.98 Å². The van der Waals surface area contributed by atoms with Crippen LogP contribution in [0.25, 0.3) is 10.7 Å². The average molecular weight is 417 g/mol. The zero-order valence-electron chi connectivity index (χ0n) is 11.1. The lowest BCUT2D eigenvalue weighted by Crippen LogP contribution is -2.20. The minimum Gasteiger partial charge on any atom is -0.319 e. The zero-order chi connectivity index (χ0) is 14.1. The van der Waals surface area contributed by atoms with Gasteiger partial charge < -0.3 is 5.32 Å². The standard InChI is InChI=1S/C14H15Br2N3S/c1-17-6-8-3-2-4-11-12(8)19-14(20-11)13-10(16)5-9(15)7-18-13/h5,7-8,17H,2-4,6H2,1H3. The summed E-state index contributed by atoms with van der Waals surface area (Å²) in [6.07, 6.45) is 5.47. The van der Waals surface area contributed by atoms with E-state index in [0.717, 1.165) is 32.6 Å². The molecule has 1 N–H and O–H groups in total. The molecule has 20 heavy (non-hydrogen) atoms. The van der Waals surface area contributed by atoms with Crippen molar-refractivity contribution in [3.63, 3.8) is 0 Å². The SMILES string of the molecule is CNCC1CCCc2sc(-c3ncc(Br)cc3Br)nc21. The van der Waals surface area contributed by atoms with Gasteiger partial charge in [-0.2, -0.15) is 0 Å². The molecule has 0 fully saturated rings. The summed E-state index contributed by atoms with van der Waals surface area (Å²) in [6.45, 7) is 1.01. The Morgan fingerprint density at radius 3 is 3.05 bits per heavy atom. The van der Waals surface area contributed by atoms with Crippen LogP contribution < -0.4 is 5.32 Å². The molecule has 3 nitrogen and oxygen atoms in total. The van der Waals surface area contributed by atoms with Gasteiger partial charge in [0.2, 0.25) is 0 Å². The number of aromatic nitrogens is 2. The zero-order valence-corrected chi connectivity index (χ0v) is 15.1. The van der Waals surface area contributed by atoms with E-state index in [-0.39, 0.29) is 0 Å².